The van der Waals surface area contributed by atoms with E-state index >= 15 is 0 Å². The maximum absolute atomic E-state index is 12.8. The summed E-state index contributed by atoms with van der Waals surface area (Å²) in [5.74, 6) is -0.283. The lowest BCUT2D eigenvalue weighted by Gasteiger charge is -2.26. The maximum atomic E-state index is 12.8. The van der Waals surface area contributed by atoms with Gasteiger partial charge in [0.2, 0.25) is 0 Å². The van der Waals surface area contributed by atoms with Crippen molar-refractivity contribution < 1.29 is 13.9 Å². The van der Waals surface area contributed by atoms with Crippen LogP contribution in [0.5, 0.6) is 0 Å². The molecule has 3 rings (SSSR count). The number of hydrogen-bond donors (Lipinski definition) is 0. The lowest BCUT2D eigenvalue weighted by atomic mass is 9.92. The molecule has 2 bridgehead atoms. The largest absolute Gasteiger partial charge is 0.454 e. The third kappa shape index (κ3) is 1.19. The summed E-state index contributed by atoms with van der Waals surface area (Å²) in [5.41, 5.74) is 0.479. The van der Waals surface area contributed by atoms with Crippen LogP contribution in [0.15, 0.2) is 24.3 Å². The zero-order valence-corrected chi connectivity index (χ0v) is 8.20. The highest BCUT2D eigenvalue weighted by Gasteiger charge is 2.53. The predicted octanol–water partition coefficient (Wildman–Crippen LogP) is 2.38. The summed E-state index contributed by atoms with van der Waals surface area (Å²) >= 11 is 0. The molecule has 0 unspecified atom stereocenters. The van der Waals surface area contributed by atoms with Gasteiger partial charge in [-0.2, -0.15) is 0 Å². The monoisotopic (exact) mass is 206 g/mol. The Morgan fingerprint density at radius 2 is 2.07 bits per heavy atom. The lowest BCUT2D eigenvalue weighted by Crippen LogP contribution is -2.25. The molecule has 1 aliphatic carbocycles. The molecule has 1 saturated carbocycles. The molecule has 2 nitrogen and oxygen atoms in total. The number of fused-ring (bicyclic) bond motifs is 2. The van der Waals surface area contributed by atoms with E-state index in [1.54, 1.807) is 12.1 Å². The SMILES string of the molecule is O=C1O[C@]2(c3ccc(F)cc3)CC[C@H]1C2. The van der Waals surface area contributed by atoms with Gasteiger partial charge in [0.15, 0.2) is 0 Å². The second-order valence-electron chi connectivity index (χ2n) is 4.36. The molecule has 1 aromatic rings. The summed E-state index contributed by atoms with van der Waals surface area (Å²) < 4.78 is 18.2. The number of benzene rings is 1. The van der Waals surface area contributed by atoms with E-state index in [-0.39, 0.29) is 17.7 Å². The highest BCUT2D eigenvalue weighted by molar-refractivity contribution is 5.77. The fourth-order valence-corrected chi connectivity index (χ4v) is 2.65. The van der Waals surface area contributed by atoms with Gasteiger partial charge in [-0.15, -0.1) is 0 Å². The van der Waals surface area contributed by atoms with Crippen molar-refractivity contribution in [3.63, 3.8) is 0 Å². The molecule has 3 heteroatoms. The molecule has 0 radical (unpaired) electrons. The maximum Gasteiger partial charge on any atom is 0.309 e. The van der Waals surface area contributed by atoms with Crippen LogP contribution in [0.1, 0.15) is 24.8 Å². The Kier molecular flexibility index (Phi) is 1.67. The second-order valence-corrected chi connectivity index (χ2v) is 4.36. The van der Waals surface area contributed by atoms with Gasteiger partial charge in [-0.25, -0.2) is 4.39 Å². The van der Waals surface area contributed by atoms with E-state index in [1.807, 2.05) is 0 Å². The van der Waals surface area contributed by atoms with E-state index in [4.69, 9.17) is 4.74 Å². The minimum absolute atomic E-state index is 0.0649. The minimum atomic E-state index is -0.449. The van der Waals surface area contributed by atoms with Crippen LogP contribution in [0, 0.1) is 11.7 Å². The van der Waals surface area contributed by atoms with Crippen molar-refractivity contribution in [2.24, 2.45) is 5.92 Å². The summed E-state index contributed by atoms with van der Waals surface area (Å²) in [6.07, 6.45) is 2.53. The van der Waals surface area contributed by atoms with Crippen LogP contribution in [0.25, 0.3) is 0 Å². The summed E-state index contributed by atoms with van der Waals surface area (Å²) in [5, 5.41) is 0. The number of rotatable bonds is 1. The smallest absolute Gasteiger partial charge is 0.309 e. The third-order valence-electron chi connectivity index (χ3n) is 3.47. The van der Waals surface area contributed by atoms with Crippen molar-refractivity contribution in [3.8, 4) is 0 Å². The molecular formula is C12H11FO2. The topological polar surface area (TPSA) is 26.3 Å². The quantitative estimate of drug-likeness (QED) is 0.659. The zero-order valence-electron chi connectivity index (χ0n) is 8.20. The van der Waals surface area contributed by atoms with Crippen LogP contribution in [0.2, 0.25) is 0 Å². The zero-order chi connectivity index (χ0) is 10.5. The Morgan fingerprint density at radius 1 is 1.33 bits per heavy atom. The predicted molar refractivity (Wildman–Crippen MR) is 51.5 cm³/mol. The van der Waals surface area contributed by atoms with Crippen molar-refractivity contribution in [1.82, 2.24) is 0 Å². The van der Waals surface area contributed by atoms with Gasteiger partial charge < -0.3 is 4.74 Å². The summed E-state index contributed by atoms with van der Waals surface area (Å²) in [6, 6.07) is 6.28. The molecule has 2 fully saturated rings. The van der Waals surface area contributed by atoms with E-state index < -0.39 is 5.60 Å². The fraction of sp³-hybridized carbons (Fsp3) is 0.417. The molecule has 0 spiro atoms. The van der Waals surface area contributed by atoms with Crippen molar-refractivity contribution in [1.29, 1.82) is 0 Å². The van der Waals surface area contributed by atoms with Gasteiger partial charge >= 0.3 is 5.97 Å². The molecule has 1 saturated heterocycles. The number of carbonyl (C=O) groups excluding carboxylic acids is 1. The first-order valence-electron chi connectivity index (χ1n) is 5.19. The summed E-state index contributed by atoms with van der Waals surface area (Å²) in [6.45, 7) is 0. The molecule has 0 N–H and O–H groups in total. The van der Waals surface area contributed by atoms with E-state index in [2.05, 4.69) is 0 Å². The Hall–Kier alpha value is -1.38. The van der Waals surface area contributed by atoms with E-state index in [0.29, 0.717) is 0 Å². The highest BCUT2D eigenvalue weighted by Crippen LogP contribution is 2.51. The molecule has 15 heavy (non-hydrogen) atoms. The Morgan fingerprint density at radius 3 is 2.60 bits per heavy atom. The van der Waals surface area contributed by atoms with Crippen LogP contribution in [-0.2, 0) is 15.1 Å². The first-order valence-corrected chi connectivity index (χ1v) is 5.19. The molecule has 0 aromatic heterocycles. The third-order valence-corrected chi connectivity index (χ3v) is 3.47. The van der Waals surface area contributed by atoms with Gasteiger partial charge in [0.05, 0.1) is 5.92 Å². The highest BCUT2D eigenvalue weighted by atomic mass is 19.1. The molecule has 1 heterocycles. The van der Waals surface area contributed by atoms with Crippen molar-refractivity contribution in [2.75, 3.05) is 0 Å². The van der Waals surface area contributed by atoms with Gasteiger partial charge in [0.1, 0.15) is 11.4 Å². The number of esters is 1. The van der Waals surface area contributed by atoms with Crippen molar-refractivity contribution in [2.45, 2.75) is 24.9 Å². The Bertz CT molecular complexity index is 412. The average molecular weight is 206 g/mol. The number of carbonyl (C=O) groups is 1. The molecule has 0 amide bonds. The normalized spacial score (nSPS) is 33.1. The Balaban J connectivity index is 2.00. The molecule has 2 atom stereocenters. The molecular weight excluding hydrogens is 195 g/mol. The van der Waals surface area contributed by atoms with Crippen molar-refractivity contribution in [3.05, 3.63) is 35.6 Å². The van der Waals surface area contributed by atoms with Crippen LogP contribution in [0.4, 0.5) is 4.39 Å². The lowest BCUT2D eigenvalue weighted by molar-refractivity contribution is -0.156. The summed E-state index contributed by atoms with van der Waals surface area (Å²) in [4.78, 5) is 11.4. The van der Waals surface area contributed by atoms with Gasteiger partial charge in [-0.05, 0) is 30.5 Å². The van der Waals surface area contributed by atoms with Gasteiger partial charge in [-0.3, -0.25) is 4.79 Å². The average Bonchev–Trinajstić information content (AvgIpc) is 2.76. The van der Waals surface area contributed by atoms with E-state index in [1.165, 1.54) is 12.1 Å². The molecule has 1 aromatic carbocycles. The first kappa shape index (κ1) is 8.89. The molecule has 78 valence electrons. The van der Waals surface area contributed by atoms with E-state index in [9.17, 15) is 9.18 Å². The van der Waals surface area contributed by atoms with Gasteiger partial charge in [-0.1, -0.05) is 12.1 Å². The minimum Gasteiger partial charge on any atom is -0.454 e. The van der Waals surface area contributed by atoms with Crippen molar-refractivity contribution >= 4 is 5.97 Å². The van der Waals surface area contributed by atoms with Gasteiger partial charge in [0, 0.05) is 6.42 Å². The Labute approximate surface area is 87.0 Å². The summed E-state index contributed by atoms with van der Waals surface area (Å²) in [7, 11) is 0. The standard InChI is InChI=1S/C12H11FO2/c13-10-3-1-9(2-4-10)12-6-5-8(7-12)11(14)15-12/h1-4,8H,5-7H2/t8-,12+/m0/s1. The van der Waals surface area contributed by atoms with Crippen LogP contribution in [-0.4, -0.2) is 5.97 Å². The molecule has 2 aliphatic rings. The first-order chi connectivity index (χ1) is 7.20. The number of hydrogen-bond acceptors (Lipinski definition) is 2. The van der Waals surface area contributed by atoms with Crippen LogP contribution < -0.4 is 0 Å². The van der Waals surface area contributed by atoms with Gasteiger partial charge in [0.25, 0.3) is 0 Å². The number of halogens is 1. The second kappa shape index (κ2) is 2.81. The molecule has 1 aliphatic heterocycles. The number of ether oxygens (including phenoxy) is 1. The van der Waals surface area contributed by atoms with E-state index in [0.717, 1.165) is 24.8 Å². The fourth-order valence-electron chi connectivity index (χ4n) is 2.65. The van der Waals surface area contributed by atoms with Crippen LogP contribution in [0.3, 0.4) is 0 Å². The van der Waals surface area contributed by atoms with Crippen LogP contribution >= 0.6 is 0 Å².